The zero-order valence-corrected chi connectivity index (χ0v) is 11.9. The molecule has 88 valence electrons. The summed E-state index contributed by atoms with van der Waals surface area (Å²) in [4.78, 5) is 6.72. The van der Waals surface area contributed by atoms with Gasteiger partial charge in [0.25, 0.3) is 0 Å². The van der Waals surface area contributed by atoms with E-state index in [2.05, 4.69) is 52.4 Å². The van der Waals surface area contributed by atoms with E-state index in [1.165, 1.54) is 9.26 Å². The number of hydrogen-bond donors (Lipinski definition) is 0. The van der Waals surface area contributed by atoms with Gasteiger partial charge >= 0.3 is 0 Å². The largest absolute Gasteiger partial charge is 0.377 e. The molecular formula is C12H17IN2O. The number of halogens is 1. The third-order valence-electron chi connectivity index (χ3n) is 2.84. The van der Waals surface area contributed by atoms with E-state index in [0.29, 0.717) is 6.10 Å². The predicted octanol–water partition coefficient (Wildman–Crippen LogP) is 2.61. The Hall–Kier alpha value is -0.360. The van der Waals surface area contributed by atoms with E-state index in [-0.39, 0.29) is 0 Å². The molecule has 1 aromatic heterocycles. The molecule has 2 rings (SSSR count). The summed E-state index contributed by atoms with van der Waals surface area (Å²) in [5.74, 6) is 0. The van der Waals surface area contributed by atoms with Crippen molar-refractivity contribution in [3.8, 4) is 0 Å². The molecule has 1 fully saturated rings. The zero-order chi connectivity index (χ0) is 11.5. The Balaban J connectivity index is 2.24. The summed E-state index contributed by atoms with van der Waals surface area (Å²) in [6.07, 6.45) is 3.30. The summed E-state index contributed by atoms with van der Waals surface area (Å²) in [7, 11) is 0. The van der Waals surface area contributed by atoms with Crippen LogP contribution in [0.2, 0.25) is 0 Å². The molecule has 0 saturated carbocycles. The van der Waals surface area contributed by atoms with Crippen LogP contribution in [0.25, 0.3) is 0 Å². The van der Waals surface area contributed by atoms with Gasteiger partial charge in [-0.2, -0.15) is 0 Å². The monoisotopic (exact) mass is 332 g/mol. The Morgan fingerprint density at radius 2 is 2.38 bits per heavy atom. The molecule has 0 aliphatic carbocycles. The number of pyridine rings is 1. The fraction of sp³-hybridized carbons (Fsp3) is 0.583. The summed E-state index contributed by atoms with van der Waals surface area (Å²) in [6.45, 7) is 7.11. The van der Waals surface area contributed by atoms with Gasteiger partial charge in [0.15, 0.2) is 0 Å². The Labute approximate surface area is 110 Å². The third-order valence-corrected chi connectivity index (χ3v) is 4.17. The number of aromatic nitrogens is 1. The van der Waals surface area contributed by atoms with Crippen molar-refractivity contribution >= 4 is 28.3 Å². The topological polar surface area (TPSA) is 25.4 Å². The van der Waals surface area contributed by atoms with Crippen molar-refractivity contribution in [1.82, 2.24) is 4.98 Å². The minimum absolute atomic E-state index is 0.312. The minimum atomic E-state index is 0.312. The number of hydrogen-bond acceptors (Lipinski definition) is 3. The van der Waals surface area contributed by atoms with Crippen molar-refractivity contribution in [2.75, 3.05) is 24.6 Å². The minimum Gasteiger partial charge on any atom is -0.377 e. The molecular weight excluding hydrogens is 315 g/mol. The molecule has 0 N–H and O–H groups in total. The molecule has 0 unspecified atom stereocenters. The molecule has 1 aliphatic rings. The van der Waals surface area contributed by atoms with Crippen molar-refractivity contribution < 1.29 is 4.74 Å². The first kappa shape index (κ1) is 12.1. The smallest absolute Gasteiger partial charge is 0.0721 e. The van der Waals surface area contributed by atoms with Gasteiger partial charge in [-0.05, 0) is 48.9 Å². The maximum Gasteiger partial charge on any atom is 0.0721 e. The van der Waals surface area contributed by atoms with E-state index in [0.717, 1.165) is 31.8 Å². The fourth-order valence-electron chi connectivity index (χ4n) is 1.99. The molecule has 0 spiro atoms. The molecule has 0 bridgehead atoms. The van der Waals surface area contributed by atoms with Crippen molar-refractivity contribution in [3.63, 3.8) is 0 Å². The lowest BCUT2D eigenvalue weighted by Gasteiger charge is -2.25. The van der Waals surface area contributed by atoms with Crippen molar-refractivity contribution in [1.29, 1.82) is 0 Å². The van der Waals surface area contributed by atoms with Crippen LogP contribution < -0.4 is 4.90 Å². The van der Waals surface area contributed by atoms with Gasteiger partial charge in [-0.25, -0.2) is 0 Å². The molecule has 16 heavy (non-hydrogen) atoms. The number of rotatable bonds is 1. The average molecular weight is 332 g/mol. The average Bonchev–Trinajstić information content (AvgIpc) is 2.47. The molecule has 1 aliphatic heterocycles. The highest BCUT2D eigenvalue weighted by Crippen LogP contribution is 2.25. The predicted molar refractivity (Wildman–Crippen MR) is 73.9 cm³/mol. The van der Waals surface area contributed by atoms with Crippen LogP contribution >= 0.6 is 22.6 Å². The molecule has 4 heteroatoms. The van der Waals surface area contributed by atoms with Crippen LogP contribution in [-0.2, 0) is 4.74 Å². The van der Waals surface area contributed by atoms with E-state index in [1.54, 1.807) is 0 Å². The SMILES string of the molecule is Cc1nccc(N2CCCO[C@@H](C)C2)c1I. The van der Waals surface area contributed by atoms with Crippen LogP contribution in [0.1, 0.15) is 19.0 Å². The van der Waals surface area contributed by atoms with Crippen LogP contribution in [-0.4, -0.2) is 30.8 Å². The van der Waals surface area contributed by atoms with Gasteiger partial charge in [-0.1, -0.05) is 0 Å². The molecule has 0 aromatic carbocycles. The summed E-state index contributed by atoms with van der Waals surface area (Å²) in [5, 5.41) is 0. The lowest BCUT2D eigenvalue weighted by atomic mass is 10.2. The first-order valence-corrected chi connectivity index (χ1v) is 6.74. The summed E-state index contributed by atoms with van der Waals surface area (Å²) >= 11 is 2.38. The standard InChI is InChI=1S/C12H17IN2O/c1-9-8-15(6-3-7-16-9)11-4-5-14-10(2)12(11)13/h4-5,9H,3,6-8H2,1-2H3/t9-/m0/s1. The Kier molecular flexibility index (Phi) is 4.02. The molecule has 3 nitrogen and oxygen atoms in total. The Morgan fingerprint density at radius 3 is 3.19 bits per heavy atom. The lowest BCUT2D eigenvalue weighted by Crippen LogP contribution is -2.30. The molecule has 1 atom stereocenters. The quantitative estimate of drug-likeness (QED) is 0.740. The second kappa shape index (κ2) is 5.31. The lowest BCUT2D eigenvalue weighted by molar-refractivity contribution is 0.0821. The number of ether oxygens (including phenoxy) is 1. The molecule has 2 heterocycles. The van der Waals surface area contributed by atoms with Crippen LogP contribution in [0.4, 0.5) is 5.69 Å². The normalized spacial score (nSPS) is 21.9. The van der Waals surface area contributed by atoms with E-state index >= 15 is 0 Å². The van der Waals surface area contributed by atoms with Gasteiger partial charge in [0.05, 0.1) is 21.1 Å². The molecule has 0 radical (unpaired) electrons. The van der Waals surface area contributed by atoms with E-state index in [4.69, 9.17) is 4.74 Å². The van der Waals surface area contributed by atoms with Gasteiger partial charge in [0.1, 0.15) is 0 Å². The molecule has 1 saturated heterocycles. The fourth-order valence-corrected chi connectivity index (χ4v) is 2.65. The molecule has 1 aromatic rings. The maximum absolute atomic E-state index is 5.66. The van der Waals surface area contributed by atoms with E-state index in [1.807, 2.05) is 6.20 Å². The van der Waals surface area contributed by atoms with E-state index < -0.39 is 0 Å². The second-order valence-electron chi connectivity index (χ2n) is 4.21. The van der Waals surface area contributed by atoms with Crippen LogP contribution in [0.15, 0.2) is 12.3 Å². The highest BCUT2D eigenvalue weighted by Gasteiger charge is 2.17. The van der Waals surface area contributed by atoms with Crippen molar-refractivity contribution in [2.45, 2.75) is 26.4 Å². The van der Waals surface area contributed by atoms with Crippen LogP contribution in [0, 0.1) is 10.5 Å². The van der Waals surface area contributed by atoms with Crippen LogP contribution in [0.5, 0.6) is 0 Å². The highest BCUT2D eigenvalue weighted by atomic mass is 127. The van der Waals surface area contributed by atoms with Crippen molar-refractivity contribution in [2.24, 2.45) is 0 Å². The highest BCUT2D eigenvalue weighted by molar-refractivity contribution is 14.1. The number of anilines is 1. The number of nitrogens with zero attached hydrogens (tertiary/aromatic N) is 2. The zero-order valence-electron chi connectivity index (χ0n) is 9.74. The summed E-state index contributed by atoms with van der Waals surface area (Å²) < 4.78 is 6.92. The van der Waals surface area contributed by atoms with Gasteiger partial charge in [-0.15, -0.1) is 0 Å². The Bertz CT molecular complexity index is 370. The van der Waals surface area contributed by atoms with Gasteiger partial charge in [-0.3, -0.25) is 4.98 Å². The number of aryl methyl sites for hydroxylation is 1. The second-order valence-corrected chi connectivity index (χ2v) is 5.29. The van der Waals surface area contributed by atoms with Crippen molar-refractivity contribution in [3.05, 3.63) is 21.5 Å². The van der Waals surface area contributed by atoms with Gasteiger partial charge in [0.2, 0.25) is 0 Å². The van der Waals surface area contributed by atoms with Gasteiger partial charge in [0, 0.05) is 25.9 Å². The first-order chi connectivity index (χ1) is 7.68. The Morgan fingerprint density at radius 1 is 1.56 bits per heavy atom. The van der Waals surface area contributed by atoms with Gasteiger partial charge < -0.3 is 9.64 Å². The maximum atomic E-state index is 5.66. The third kappa shape index (κ3) is 2.66. The summed E-state index contributed by atoms with van der Waals surface area (Å²) in [6, 6.07) is 2.10. The van der Waals surface area contributed by atoms with Crippen LogP contribution in [0.3, 0.4) is 0 Å². The van der Waals surface area contributed by atoms with E-state index in [9.17, 15) is 0 Å². The first-order valence-electron chi connectivity index (χ1n) is 5.66. The molecule has 0 amide bonds. The summed E-state index contributed by atoms with van der Waals surface area (Å²) in [5.41, 5.74) is 2.40.